The van der Waals surface area contributed by atoms with E-state index in [9.17, 15) is 4.79 Å². The fraction of sp³-hybridized carbons (Fsp3) is 0.200. The van der Waals surface area contributed by atoms with Crippen molar-refractivity contribution in [3.8, 4) is 6.07 Å². The lowest BCUT2D eigenvalue weighted by Crippen LogP contribution is -2.07. The average Bonchev–Trinajstić information content (AvgIpc) is 2.92. The Labute approximate surface area is 116 Å². The number of benzene rings is 1. The van der Waals surface area contributed by atoms with E-state index in [1.165, 1.54) is 13.4 Å². The molecule has 0 aliphatic heterocycles. The van der Waals surface area contributed by atoms with Crippen LogP contribution >= 0.6 is 0 Å². The van der Waals surface area contributed by atoms with Crippen LogP contribution in [0.1, 0.15) is 27.2 Å². The summed E-state index contributed by atoms with van der Waals surface area (Å²) in [5.41, 5.74) is 2.90. The van der Waals surface area contributed by atoms with Gasteiger partial charge in [0.05, 0.1) is 24.6 Å². The quantitative estimate of drug-likeness (QED) is 0.864. The zero-order valence-corrected chi connectivity index (χ0v) is 11.3. The zero-order chi connectivity index (χ0) is 14.5. The smallest absolute Gasteiger partial charge is 0.374 e. The van der Waals surface area contributed by atoms with Crippen molar-refractivity contribution in [2.24, 2.45) is 0 Å². The van der Waals surface area contributed by atoms with Crippen LogP contribution in [0, 0.1) is 18.3 Å². The molecule has 0 saturated heterocycles. The number of carbonyl (C=O) groups excluding carboxylic acids is 1. The number of hydrogen-bond donors (Lipinski definition) is 1. The van der Waals surface area contributed by atoms with Crippen molar-refractivity contribution in [1.82, 2.24) is 0 Å². The van der Waals surface area contributed by atoms with E-state index in [4.69, 9.17) is 9.68 Å². The highest BCUT2D eigenvalue weighted by Crippen LogP contribution is 2.20. The van der Waals surface area contributed by atoms with E-state index in [1.807, 2.05) is 25.1 Å². The monoisotopic (exact) mass is 270 g/mol. The van der Waals surface area contributed by atoms with Gasteiger partial charge >= 0.3 is 5.97 Å². The zero-order valence-electron chi connectivity index (χ0n) is 11.3. The van der Waals surface area contributed by atoms with Gasteiger partial charge in [0, 0.05) is 12.1 Å². The summed E-state index contributed by atoms with van der Waals surface area (Å²) in [6, 6.07) is 9.43. The van der Waals surface area contributed by atoms with Crippen LogP contribution in [0.15, 0.2) is 34.9 Å². The second-order valence-electron chi connectivity index (χ2n) is 4.23. The van der Waals surface area contributed by atoms with E-state index >= 15 is 0 Å². The average molecular weight is 270 g/mol. The number of nitriles is 1. The molecule has 2 rings (SSSR count). The molecule has 102 valence electrons. The molecule has 0 bridgehead atoms. The van der Waals surface area contributed by atoms with Gasteiger partial charge in [-0.1, -0.05) is 12.1 Å². The predicted octanol–water partition coefficient (Wildman–Crippen LogP) is 2.86. The van der Waals surface area contributed by atoms with Crippen molar-refractivity contribution < 1.29 is 13.9 Å². The van der Waals surface area contributed by atoms with Gasteiger partial charge in [0.2, 0.25) is 5.76 Å². The molecule has 0 amide bonds. The lowest BCUT2D eigenvalue weighted by atomic mass is 10.1. The summed E-state index contributed by atoms with van der Waals surface area (Å²) >= 11 is 0. The summed E-state index contributed by atoms with van der Waals surface area (Å²) in [5, 5.41) is 12.3. The van der Waals surface area contributed by atoms with Crippen LogP contribution in [0.3, 0.4) is 0 Å². The SMILES string of the molecule is COC(=O)c1occc1CNc1cccc(C)c1C#N. The molecule has 0 fully saturated rings. The van der Waals surface area contributed by atoms with Gasteiger partial charge in [0.25, 0.3) is 0 Å². The van der Waals surface area contributed by atoms with Gasteiger partial charge in [-0.15, -0.1) is 0 Å². The van der Waals surface area contributed by atoms with E-state index < -0.39 is 5.97 Å². The molecule has 0 spiro atoms. The molecule has 0 unspecified atom stereocenters. The number of methoxy groups -OCH3 is 1. The van der Waals surface area contributed by atoms with Crippen LogP contribution in [0.25, 0.3) is 0 Å². The van der Waals surface area contributed by atoms with Crippen LogP contribution in [0.5, 0.6) is 0 Å². The first kappa shape index (κ1) is 13.7. The highest BCUT2D eigenvalue weighted by Gasteiger charge is 2.15. The van der Waals surface area contributed by atoms with Crippen LogP contribution < -0.4 is 5.32 Å². The summed E-state index contributed by atoms with van der Waals surface area (Å²) in [6.07, 6.45) is 1.44. The normalized spacial score (nSPS) is 9.85. The first-order chi connectivity index (χ1) is 9.67. The Morgan fingerprint density at radius 3 is 2.95 bits per heavy atom. The Balaban J connectivity index is 2.18. The van der Waals surface area contributed by atoms with Gasteiger partial charge in [-0.2, -0.15) is 5.26 Å². The molecular weight excluding hydrogens is 256 g/mol. The Hall–Kier alpha value is -2.74. The van der Waals surface area contributed by atoms with E-state index in [0.29, 0.717) is 17.7 Å². The fourth-order valence-electron chi connectivity index (χ4n) is 1.90. The Kier molecular flexibility index (Phi) is 4.06. The minimum Gasteiger partial charge on any atom is -0.463 e. The molecule has 1 aromatic carbocycles. The van der Waals surface area contributed by atoms with Crippen molar-refractivity contribution in [1.29, 1.82) is 5.26 Å². The Bertz CT molecular complexity index is 668. The van der Waals surface area contributed by atoms with Crippen molar-refractivity contribution in [3.05, 3.63) is 53.0 Å². The lowest BCUT2D eigenvalue weighted by molar-refractivity contribution is 0.0563. The fourth-order valence-corrected chi connectivity index (χ4v) is 1.90. The van der Waals surface area contributed by atoms with Gasteiger partial charge in [-0.3, -0.25) is 0 Å². The molecule has 0 aliphatic rings. The van der Waals surface area contributed by atoms with E-state index in [0.717, 1.165) is 11.3 Å². The number of nitrogens with zero attached hydrogens (tertiary/aromatic N) is 1. The second-order valence-corrected chi connectivity index (χ2v) is 4.23. The third kappa shape index (κ3) is 2.64. The Morgan fingerprint density at radius 1 is 1.45 bits per heavy atom. The molecule has 2 aromatic rings. The molecule has 0 saturated carbocycles. The maximum atomic E-state index is 11.5. The minimum atomic E-state index is -0.517. The third-order valence-corrected chi connectivity index (χ3v) is 2.97. The van der Waals surface area contributed by atoms with Crippen LogP contribution in [-0.4, -0.2) is 13.1 Å². The van der Waals surface area contributed by atoms with Gasteiger partial charge in [0.15, 0.2) is 0 Å². The number of carbonyl (C=O) groups is 1. The van der Waals surface area contributed by atoms with Gasteiger partial charge < -0.3 is 14.5 Å². The number of ether oxygens (including phenoxy) is 1. The topological polar surface area (TPSA) is 75.3 Å². The summed E-state index contributed by atoms with van der Waals surface area (Å²) in [7, 11) is 1.30. The number of rotatable bonds is 4. The number of esters is 1. The molecule has 0 atom stereocenters. The van der Waals surface area contributed by atoms with Crippen molar-refractivity contribution in [3.63, 3.8) is 0 Å². The maximum absolute atomic E-state index is 11.5. The molecule has 20 heavy (non-hydrogen) atoms. The molecule has 1 N–H and O–H groups in total. The summed E-state index contributed by atoms with van der Waals surface area (Å²) in [5.74, 6) is -0.345. The molecule has 0 aliphatic carbocycles. The first-order valence-corrected chi connectivity index (χ1v) is 6.05. The highest BCUT2D eigenvalue weighted by atomic mass is 16.5. The molecule has 0 radical (unpaired) electrons. The van der Waals surface area contributed by atoms with E-state index in [1.54, 1.807) is 6.07 Å². The minimum absolute atomic E-state index is 0.172. The number of hydrogen-bond acceptors (Lipinski definition) is 5. The van der Waals surface area contributed by atoms with Crippen LogP contribution in [0.4, 0.5) is 5.69 Å². The largest absolute Gasteiger partial charge is 0.463 e. The predicted molar refractivity (Wildman–Crippen MR) is 73.3 cm³/mol. The van der Waals surface area contributed by atoms with Crippen LogP contribution in [0.2, 0.25) is 0 Å². The van der Waals surface area contributed by atoms with E-state index in [2.05, 4.69) is 16.1 Å². The number of furan rings is 1. The van der Waals surface area contributed by atoms with E-state index in [-0.39, 0.29) is 5.76 Å². The maximum Gasteiger partial charge on any atom is 0.374 e. The van der Waals surface area contributed by atoms with Gasteiger partial charge in [0.1, 0.15) is 6.07 Å². The molecule has 5 heteroatoms. The molecule has 1 heterocycles. The summed E-state index contributed by atoms with van der Waals surface area (Å²) in [6.45, 7) is 2.25. The van der Waals surface area contributed by atoms with Crippen LogP contribution in [-0.2, 0) is 11.3 Å². The Morgan fingerprint density at radius 2 is 2.25 bits per heavy atom. The number of aryl methyl sites for hydroxylation is 1. The third-order valence-electron chi connectivity index (χ3n) is 2.97. The first-order valence-electron chi connectivity index (χ1n) is 6.05. The van der Waals surface area contributed by atoms with Crippen molar-refractivity contribution in [2.45, 2.75) is 13.5 Å². The summed E-state index contributed by atoms with van der Waals surface area (Å²) in [4.78, 5) is 11.5. The lowest BCUT2D eigenvalue weighted by Gasteiger charge is -2.09. The highest BCUT2D eigenvalue weighted by molar-refractivity contribution is 5.87. The summed E-state index contributed by atoms with van der Waals surface area (Å²) < 4.78 is 9.74. The standard InChI is InChI=1S/C15H14N2O3/c1-10-4-3-5-13(12(10)8-16)17-9-11-6-7-20-14(11)15(18)19-2/h3-7,17H,9H2,1-2H3. The molecule has 5 nitrogen and oxygen atoms in total. The van der Waals surface area contributed by atoms with Crippen molar-refractivity contribution in [2.75, 3.05) is 12.4 Å². The molecular formula is C15H14N2O3. The van der Waals surface area contributed by atoms with Gasteiger partial charge in [-0.05, 0) is 24.6 Å². The van der Waals surface area contributed by atoms with Crippen molar-refractivity contribution >= 4 is 11.7 Å². The second kappa shape index (κ2) is 5.93. The number of nitrogens with one attached hydrogen (secondary N) is 1. The number of anilines is 1. The van der Waals surface area contributed by atoms with Gasteiger partial charge in [-0.25, -0.2) is 4.79 Å². The molecule has 1 aromatic heterocycles.